The van der Waals surface area contributed by atoms with Crippen LogP contribution in [-0.4, -0.2) is 35.2 Å². The summed E-state index contributed by atoms with van der Waals surface area (Å²) in [6, 6.07) is 7.42. The first kappa shape index (κ1) is 14.9. The summed E-state index contributed by atoms with van der Waals surface area (Å²) in [7, 11) is 0. The molecule has 0 saturated heterocycles. The number of nitrogens with one attached hydrogen (secondary N) is 1. The molecule has 0 aliphatic carbocycles. The molecular weight excluding hydrogens is 274 g/mol. The summed E-state index contributed by atoms with van der Waals surface area (Å²) in [4.78, 5) is 12.2. The van der Waals surface area contributed by atoms with E-state index >= 15 is 0 Å². The number of hydrogen-bond acceptors (Lipinski definition) is 4. The zero-order chi connectivity index (χ0) is 14.7. The molecule has 0 radical (unpaired) electrons. The molecule has 1 aromatic heterocycles. The molecule has 5 heteroatoms. The number of fused-ring (bicyclic) bond motifs is 1. The first-order chi connectivity index (χ1) is 9.55. The lowest BCUT2D eigenvalue weighted by Crippen LogP contribution is -2.41. The molecule has 20 heavy (non-hydrogen) atoms. The number of amides is 1. The second kappa shape index (κ2) is 6.33. The number of furan rings is 1. The van der Waals surface area contributed by atoms with E-state index in [1.54, 1.807) is 6.07 Å². The molecule has 1 heterocycles. The topological polar surface area (TPSA) is 62.5 Å². The third kappa shape index (κ3) is 3.16. The van der Waals surface area contributed by atoms with Gasteiger partial charge in [0.25, 0.3) is 5.91 Å². The Kier molecular flexibility index (Phi) is 4.73. The minimum atomic E-state index is -0.251. The Hall–Kier alpha value is -1.46. The summed E-state index contributed by atoms with van der Waals surface area (Å²) in [6.07, 6.45) is 1.91. The van der Waals surface area contributed by atoms with Gasteiger partial charge in [0, 0.05) is 16.7 Å². The smallest absolute Gasteiger partial charge is 0.287 e. The third-order valence-electron chi connectivity index (χ3n) is 3.29. The summed E-state index contributed by atoms with van der Waals surface area (Å²) in [5.74, 6) is 0.0501. The van der Waals surface area contributed by atoms with Crippen molar-refractivity contribution in [2.45, 2.75) is 25.1 Å². The van der Waals surface area contributed by atoms with Crippen molar-refractivity contribution in [2.75, 3.05) is 12.9 Å². The van der Waals surface area contributed by atoms with Gasteiger partial charge in [0.05, 0.1) is 6.61 Å². The van der Waals surface area contributed by atoms with Gasteiger partial charge in [-0.15, -0.1) is 0 Å². The SMILES string of the molecule is CSC(CO)C(C)NC(=O)c1cc2cc(C)ccc2o1. The molecule has 0 fully saturated rings. The summed E-state index contributed by atoms with van der Waals surface area (Å²) in [5.41, 5.74) is 1.83. The predicted octanol–water partition coefficient (Wildman–Crippen LogP) is 2.58. The van der Waals surface area contributed by atoms with Gasteiger partial charge >= 0.3 is 0 Å². The van der Waals surface area contributed by atoms with Gasteiger partial charge in [-0.25, -0.2) is 0 Å². The second-order valence-corrected chi connectivity index (χ2v) is 5.95. The highest BCUT2D eigenvalue weighted by Gasteiger charge is 2.20. The van der Waals surface area contributed by atoms with Crippen molar-refractivity contribution in [1.29, 1.82) is 0 Å². The predicted molar refractivity (Wildman–Crippen MR) is 82.3 cm³/mol. The molecule has 1 aromatic carbocycles. The summed E-state index contributed by atoms with van der Waals surface area (Å²) in [5, 5.41) is 13.0. The van der Waals surface area contributed by atoms with Crippen molar-refractivity contribution >= 4 is 28.6 Å². The molecule has 2 aromatic rings. The van der Waals surface area contributed by atoms with Crippen molar-refractivity contribution in [3.63, 3.8) is 0 Å². The molecule has 2 N–H and O–H groups in total. The molecule has 0 bridgehead atoms. The Morgan fingerprint density at radius 2 is 2.20 bits per heavy atom. The fraction of sp³-hybridized carbons (Fsp3) is 0.400. The first-order valence-corrected chi connectivity index (χ1v) is 7.78. The standard InChI is InChI=1S/C15H19NO3S/c1-9-4-5-12-11(6-9)7-13(19-12)15(18)16-10(2)14(8-17)20-3/h4-7,10,14,17H,8H2,1-3H3,(H,16,18). The number of rotatable bonds is 5. The molecule has 0 spiro atoms. The molecule has 4 nitrogen and oxygen atoms in total. The van der Waals surface area contributed by atoms with Crippen LogP contribution >= 0.6 is 11.8 Å². The lowest BCUT2D eigenvalue weighted by atomic mass is 10.2. The molecular formula is C15H19NO3S. The van der Waals surface area contributed by atoms with Crippen molar-refractivity contribution < 1.29 is 14.3 Å². The summed E-state index contributed by atoms with van der Waals surface area (Å²) >= 11 is 1.53. The third-order valence-corrected chi connectivity index (χ3v) is 4.46. The Bertz CT molecular complexity index is 604. The lowest BCUT2D eigenvalue weighted by Gasteiger charge is -2.20. The number of benzene rings is 1. The molecule has 2 rings (SSSR count). The van der Waals surface area contributed by atoms with E-state index in [4.69, 9.17) is 4.42 Å². The maximum atomic E-state index is 12.2. The van der Waals surface area contributed by atoms with Crippen LogP contribution in [0, 0.1) is 6.92 Å². The molecule has 2 atom stereocenters. The van der Waals surface area contributed by atoms with E-state index in [-0.39, 0.29) is 23.8 Å². The average molecular weight is 293 g/mol. The fourth-order valence-electron chi connectivity index (χ4n) is 2.08. The number of hydrogen-bond donors (Lipinski definition) is 2. The van der Waals surface area contributed by atoms with Crippen molar-refractivity contribution in [3.05, 3.63) is 35.6 Å². The highest BCUT2D eigenvalue weighted by Crippen LogP contribution is 2.21. The van der Waals surface area contributed by atoms with Crippen LogP contribution in [0.15, 0.2) is 28.7 Å². The average Bonchev–Trinajstić information content (AvgIpc) is 2.83. The zero-order valence-electron chi connectivity index (χ0n) is 11.8. The lowest BCUT2D eigenvalue weighted by molar-refractivity contribution is 0.0910. The summed E-state index contributed by atoms with van der Waals surface area (Å²) in [6.45, 7) is 3.91. The molecule has 0 aliphatic rings. The van der Waals surface area contributed by atoms with Gasteiger partial charge < -0.3 is 14.8 Å². The Labute approximate surface area is 122 Å². The zero-order valence-corrected chi connectivity index (χ0v) is 12.7. The van der Waals surface area contributed by atoms with Gasteiger partial charge in [-0.1, -0.05) is 11.6 Å². The molecule has 2 unspecified atom stereocenters. The van der Waals surface area contributed by atoms with E-state index in [0.29, 0.717) is 11.3 Å². The van der Waals surface area contributed by atoms with E-state index in [0.717, 1.165) is 10.9 Å². The minimum Gasteiger partial charge on any atom is -0.451 e. The van der Waals surface area contributed by atoms with Crippen LogP contribution in [0.25, 0.3) is 11.0 Å². The second-order valence-electron chi connectivity index (χ2n) is 4.87. The quantitative estimate of drug-likeness (QED) is 0.889. The van der Waals surface area contributed by atoms with E-state index in [1.807, 2.05) is 38.3 Å². The van der Waals surface area contributed by atoms with E-state index in [1.165, 1.54) is 11.8 Å². The largest absolute Gasteiger partial charge is 0.451 e. The van der Waals surface area contributed by atoms with Gasteiger partial charge in [-0.05, 0) is 38.3 Å². The maximum absolute atomic E-state index is 12.2. The summed E-state index contributed by atoms with van der Waals surface area (Å²) < 4.78 is 5.55. The highest BCUT2D eigenvalue weighted by atomic mass is 32.2. The van der Waals surface area contributed by atoms with Gasteiger partial charge in [-0.2, -0.15) is 11.8 Å². The Morgan fingerprint density at radius 3 is 2.85 bits per heavy atom. The molecule has 108 valence electrons. The van der Waals surface area contributed by atoms with E-state index in [2.05, 4.69) is 5.32 Å². The first-order valence-electron chi connectivity index (χ1n) is 6.50. The van der Waals surface area contributed by atoms with Crippen molar-refractivity contribution in [3.8, 4) is 0 Å². The normalized spacial score (nSPS) is 14.2. The van der Waals surface area contributed by atoms with Crippen LogP contribution in [0.4, 0.5) is 0 Å². The van der Waals surface area contributed by atoms with Gasteiger partial charge in [0.1, 0.15) is 5.58 Å². The van der Waals surface area contributed by atoms with Gasteiger partial charge in [-0.3, -0.25) is 4.79 Å². The fourth-order valence-corrected chi connectivity index (χ4v) is 2.71. The number of carbonyl (C=O) groups is 1. The van der Waals surface area contributed by atoms with Crippen LogP contribution in [0.3, 0.4) is 0 Å². The monoisotopic (exact) mass is 293 g/mol. The van der Waals surface area contributed by atoms with Crippen LogP contribution in [0.1, 0.15) is 23.0 Å². The van der Waals surface area contributed by atoms with Crippen LogP contribution in [0.2, 0.25) is 0 Å². The molecule has 1 amide bonds. The highest BCUT2D eigenvalue weighted by molar-refractivity contribution is 7.99. The van der Waals surface area contributed by atoms with Gasteiger partial charge in [0.2, 0.25) is 0 Å². The van der Waals surface area contributed by atoms with Crippen LogP contribution < -0.4 is 5.32 Å². The van der Waals surface area contributed by atoms with Gasteiger partial charge in [0.15, 0.2) is 5.76 Å². The Balaban J connectivity index is 2.15. The number of aliphatic hydroxyl groups excluding tert-OH is 1. The van der Waals surface area contributed by atoms with E-state index < -0.39 is 0 Å². The number of thioether (sulfide) groups is 1. The number of carbonyl (C=O) groups excluding carboxylic acids is 1. The molecule has 0 saturated carbocycles. The molecule has 0 aliphatic heterocycles. The van der Waals surface area contributed by atoms with Crippen molar-refractivity contribution in [1.82, 2.24) is 5.32 Å². The van der Waals surface area contributed by atoms with Crippen LogP contribution in [-0.2, 0) is 0 Å². The van der Waals surface area contributed by atoms with E-state index in [9.17, 15) is 9.90 Å². The maximum Gasteiger partial charge on any atom is 0.287 e. The van der Waals surface area contributed by atoms with Crippen molar-refractivity contribution in [2.24, 2.45) is 0 Å². The number of aliphatic hydroxyl groups is 1. The number of aryl methyl sites for hydroxylation is 1. The Morgan fingerprint density at radius 1 is 1.45 bits per heavy atom. The minimum absolute atomic E-state index is 0.0226. The van der Waals surface area contributed by atoms with Crippen LogP contribution in [0.5, 0.6) is 0 Å².